The first-order valence-electron chi connectivity index (χ1n) is 9.07. The van der Waals surface area contributed by atoms with Gasteiger partial charge in [0.05, 0.1) is 16.6 Å². The van der Waals surface area contributed by atoms with E-state index in [0.717, 1.165) is 16.3 Å². The van der Waals surface area contributed by atoms with Crippen LogP contribution in [0.2, 0.25) is 5.15 Å². The molecule has 4 rings (SSSR count). The van der Waals surface area contributed by atoms with E-state index in [1.165, 1.54) is 6.33 Å². The summed E-state index contributed by atoms with van der Waals surface area (Å²) in [6.07, 6.45) is 1.37. The van der Waals surface area contributed by atoms with E-state index < -0.39 is 5.91 Å². The summed E-state index contributed by atoms with van der Waals surface area (Å²) in [5.41, 5.74) is 7.42. The molecule has 0 atom stereocenters. The Hall–Kier alpha value is -3.39. The van der Waals surface area contributed by atoms with Crippen molar-refractivity contribution >= 4 is 56.7 Å². The van der Waals surface area contributed by atoms with Crippen LogP contribution in [0.4, 0.5) is 17.3 Å². The van der Waals surface area contributed by atoms with Gasteiger partial charge in [0.1, 0.15) is 28.7 Å². The Bertz CT molecular complexity index is 1220. The van der Waals surface area contributed by atoms with Gasteiger partial charge in [-0.05, 0) is 30.2 Å². The highest BCUT2D eigenvalue weighted by Gasteiger charge is 2.21. The van der Waals surface area contributed by atoms with Crippen molar-refractivity contribution in [1.82, 2.24) is 15.0 Å². The van der Waals surface area contributed by atoms with E-state index in [2.05, 4.69) is 39.4 Å². The molecule has 148 valence electrons. The average molecular weight is 411 g/mol. The summed E-state index contributed by atoms with van der Waals surface area (Å²) in [7, 11) is 0. The Morgan fingerprint density at radius 3 is 2.76 bits per heavy atom. The molecule has 0 aliphatic rings. The number of furan rings is 1. The molecular weight excluding hydrogens is 392 g/mol. The van der Waals surface area contributed by atoms with Crippen LogP contribution in [0.15, 0.2) is 41.1 Å². The van der Waals surface area contributed by atoms with Gasteiger partial charge in [0.25, 0.3) is 5.91 Å². The highest BCUT2D eigenvalue weighted by atomic mass is 35.5. The lowest BCUT2D eigenvalue weighted by molar-refractivity contribution is 0.0977. The Balaban J connectivity index is 1.81. The van der Waals surface area contributed by atoms with Gasteiger partial charge >= 0.3 is 0 Å². The zero-order chi connectivity index (χ0) is 20.5. The van der Waals surface area contributed by atoms with Crippen molar-refractivity contribution in [3.05, 3.63) is 47.6 Å². The van der Waals surface area contributed by atoms with Crippen LogP contribution >= 0.6 is 11.6 Å². The van der Waals surface area contributed by atoms with E-state index in [1.54, 1.807) is 12.1 Å². The van der Waals surface area contributed by atoms with Crippen molar-refractivity contribution < 1.29 is 9.21 Å². The van der Waals surface area contributed by atoms with E-state index in [-0.39, 0.29) is 5.76 Å². The smallest absolute Gasteiger partial charge is 0.286 e. The predicted molar refractivity (Wildman–Crippen MR) is 114 cm³/mol. The first-order valence-corrected chi connectivity index (χ1v) is 9.44. The van der Waals surface area contributed by atoms with E-state index in [1.807, 2.05) is 18.2 Å². The molecule has 0 spiro atoms. The van der Waals surface area contributed by atoms with Crippen molar-refractivity contribution in [3.63, 3.8) is 0 Å². The molecule has 0 saturated heterocycles. The van der Waals surface area contributed by atoms with Crippen molar-refractivity contribution in [2.24, 2.45) is 11.7 Å². The Labute approximate surface area is 171 Å². The fourth-order valence-corrected chi connectivity index (χ4v) is 3.20. The second kappa shape index (κ2) is 7.56. The number of halogens is 1. The van der Waals surface area contributed by atoms with E-state index in [4.69, 9.17) is 21.8 Å². The Morgan fingerprint density at radius 1 is 1.21 bits per heavy atom. The lowest BCUT2D eigenvalue weighted by Crippen LogP contribution is -2.15. The molecule has 0 unspecified atom stereocenters. The second-order valence-corrected chi connectivity index (χ2v) is 7.39. The predicted octanol–water partition coefficient (Wildman–Crippen LogP) is 4.33. The fraction of sp³-hybridized carbons (Fsp3) is 0.200. The lowest BCUT2D eigenvalue weighted by atomic mass is 10.1. The number of primary amides is 1. The molecule has 0 aliphatic heterocycles. The number of aromatic nitrogens is 3. The molecule has 0 fully saturated rings. The summed E-state index contributed by atoms with van der Waals surface area (Å²) in [5, 5.41) is 8.36. The van der Waals surface area contributed by atoms with Crippen LogP contribution in [-0.4, -0.2) is 27.4 Å². The largest absolute Gasteiger partial charge is 0.449 e. The van der Waals surface area contributed by atoms with Gasteiger partial charge in [-0.25, -0.2) is 15.0 Å². The number of benzene rings is 1. The molecule has 0 radical (unpaired) electrons. The number of amides is 1. The quantitative estimate of drug-likeness (QED) is 0.404. The number of pyridine rings is 1. The highest BCUT2D eigenvalue weighted by molar-refractivity contribution is 6.29. The van der Waals surface area contributed by atoms with Crippen molar-refractivity contribution in [2.45, 2.75) is 13.8 Å². The standard InChI is InChI=1S/C20H19ClN6O2/c1-10(2)8-23-18-17-11-3-6-15(27-16-7-14(21)24-9-25-16)26-12(11)4-5-13(17)29-19(18)20(22)28/h3-7,9-10,23H,8H2,1-2H3,(H2,22,28)(H,24,25,26,27). The maximum atomic E-state index is 11.9. The number of fused-ring (bicyclic) bond motifs is 3. The molecule has 9 heteroatoms. The molecule has 1 aromatic carbocycles. The summed E-state index contributed by atoms with van der Waals surface area (Å²) in [5.74, 6) is 1.02. The van der Waals surface area contributed by atoms with Gasteiger partial charge in [0.2, 0.25) is 5.76 Å². The molecular formula is C20H19ClN6O2. The van der Waals surface area contributed by atoms with Crippen molar-refractivity contribution in [2.75, 3.05) is 17.2 Å². The molecule has 0 aliphatic carbocycles. The van der Waals surface area contributed by atoms with Gasteiger partial charge in [-0.15, -0.1) is 0 Å². The monoisotopic (exact) mass is 410 g/mol. The molecule has 0 bridgehead atoms. The summed E-state index contributed by atoms with van der Waals surface area (Å²) in [4.78, 5) is 24.5. The second-order valence-electron chi connectivity index (χ2n) is 7.00. The van der Waals surface area contributed by atoms with Crippen molar-refractivity contribution in [3.8, 4) is 0 Å². The molecule has 3 aromatic heterocycles. The van der Waals surface area contributed by atoms with Gasteiger partial charge in [-0.3, -0.25) is 4.79 Å². The minimum Gasteiger partial charge on any atom is -0.449 e. The first-order chi connectivity index (χ1) is 13.9. The maximum absolute atomic E-state index is 11.9. The fourth-order valence-electron chi connectivity index (χ4n) is 3.05. The Kier molecular flexibility index (Phi) is 4.94. The molecule has 4 N–H and O–H groups in total. The lowest BCUT2D eigenvalue weighted by Gasteiger charge is -2.10. The molecule has 29 heavy (non-hydrogen) atoms. The van der Waals surface area contributed by atoms with Gasteiger partial charge in [0, 0.05) is 18.0 Å². The van der Waals surface area contributed by atoms with Crippen LogP contribution in [0.5, 0.6) is 0 Å². The number of carbonyl (C=O) groups is 1. The van der Waals surface area contributed by atoms with Crippen LogP contribution in [-0.2, 0) is 0 Å². The zero-order valence-electron chi connectivity index (χ0n) is 15.9. The molecule has 8 nitrogen and oxygen atoms in total. The Morgan fingerprint density at radius 2 is 2.03 bits per heavy atom. The van der Waals surface area contributed by atoms with Gasteiger partial charge in [-0.2, -0.15) is 0 Å². The molecule has 4 aromatic rings. The minimum atomic E-state index is -0.618. The van der Waals surface area contributed by atoms with Gasteiger partial charge < -0.3 is 20.8 Å². The van der Waals surface area contributed by atoms with Crippen LogP contribution < -0.4 is 16.4 Å². The van der Waals surface area contributed by atoms with E-state index >= 15 is 0 Å². The van der Waals surface area contributed by atoms with Gasteiger partial charge in [-0.1, -0.05) is 25.4 Å². The van der Waals surface area contributed by atoms with Crippen LogP contribution in [0.3, 0.4) is 0 Å². The third-order valence-corrected chi connectivity index (χ3v) is 4.53. The summed E-state index contributed by atoms with van der Waals surface area (Å²) < 4.78 is 5.73. The summed E-state index contributed by atoms with van der Waals surface area (Å²) in [6.45, 7) is 4.83. The number of hydrogen-bond acceptors (Lipinski definition) is 7. The third kappa shape index (κ3) is 3.79. The number of anilines is 3. The number of rotatable bonds is 6. The third-order valence-electron chi connectivity index (χ3n) is 4.32. The maximum Gasteiger partial charge on any atom is 0.286 e. The topological polar surface area (TPSA) is 119 Å². The molecule has 3 heterocycles. The zero-order valence-corrected chi connectivity index (χ0v) is 16.6. The van der Waals surface area contributed by atoms with Crippen LogP contribution in [0, 0.1) is 5.92 Å². The number of carbonyl (C=O) groups excluding carboxylic acids is 1. The SMILES string of the molecule is CC(C)CNc1c(C(N)=O)oc2ccc3nc(Nc4cc(Cl)ncn4)ccc3c12. The van der Waals surface area contributed by atoms with Crippen LogP contribution in [0.1, 0.15) is 24.4 Å². The normalized spacial score (nSPS) is 11.3. The number of hydrogen-bond donors (Lipinski definition) is 3. The van der Waals surface area contributed by atoms with Gasteiger partial charge in [0.15, 0.2) is 0 Å². The minimum absolute atomic E-state index is 0.117. The number of nitrogens with zero attached hydrogens (tertiary/aromatic N) is 3. The molecule has 1 amide bonds. The molecule has 0 saturated carbocycles. The number of nitrogens with two attached hydrogens (primary N) is 1. The van der Waals surface area contributed by atoms with Crippen molar-refractivity contribution in [1.29, 1.82) is 0 Å². The van der Waals surface area contributed by atoms with E-state index in [9.17, 15) is 4.79 Å². The average Bonchev–Trinajstić information content (AvgIpc) is 3.05. The van der Waals surface area contributed by atoms with E-state index in [0.29, 0.717) is 40.5 Å². The summed E-state index contributed by atoms with van der Waals surface area (Å²) >= 11 is 5.90. The highest BCUT2D eigenvalue weighted by Crippen LogP contribution is 2.36. The number of nitrogens with one attached hydrogen (secondary N) is 2. The summed E-state index contributed by atoms with van der Waals surface area (Å²) in [6, 6.07) is 8.96. The van der Waals surface area contributed by atoms with Crippen LogP contribution in [0.25, 0.3) is 21.9 Å². The first kappa shape index (κ1) is 18.9.